The number of rotatable bonds is 6. The molecule has 0 bridgehead atoms. The number of carbonyl (C=O) groups is 2. The van der Waals surface area contributed by atoms with Gasteiger partial charge in [-0.1, -0.05) is 18.2 Å². The maximum atomic E-state index is 13.7. The first-order chi connectivity index (χ1) is 12.4. The smallest absolute Gasteiger partial charge is 0.261 e. The third-order valence-electron chi connectivity index (χ3n) is 4.04. The largest absolute Gasteiger partial charge is 0.369 e. The normalized spacial score (nSPS) is 12.1. The van der Waals surface area contributed by atoms with E-state index in [0.717, 1.165) is 5.56 Å². The Hall–Kier alpha value is -2.80. The Labute approximate surface area is 152 Å². The van der Waals surface area contributed by atoms with Crippen molar-refractivity contribution in [3.8, 4) is 0 Å². The fourth-order valence-corrected chi connectivity index (χ4v) is 3.61. The standard InChI is InChI=1S/C19H16F2N2O2S/c20-13-6-4-11(5-7-13)8-12(18(22)24)10-23-19(25)17-9-14-15(21)2-1-3-16(14)26-17/h1-7,9,12H,8,10H2,(H2,22,24)(H,23,25). The van der Waals surface area contributed by atoms with Crippen LogP contribution >= 0.6 is 11.3 Å². The number of halogens is 2. The molecule has 3 N–H and O–H groups in total. The van der Waals surface area contributed by atoms with Crippen molar-refractivity contribution in [3.05, 3.63) is 70.6 Å². The van der Waals surface area contributed by atoms with Crippen LogP contribution in [-0.4, -0.2) is 18.4 Å². The average molecular weight is 374 g/mol. The van der Waals surface area contributed by atoms with Gasteiger partial charge in [0.2, 0.25) is 5.91 Å². The van der Waals surface area contributed by atoms with Gasteiger partial charge in [-0.25, -0.2) is 8.78 Å². The minimum atomic E-state index is -0.629. The highest BCUT2D eigenvalue weighted by Crippen LogP contribution is 2.27. The molecule has 0 saturated carbocycles. The number of nitrogens with one attached hydrogen (secondary N) is 1. The Morgan fingerprint density at radius 1 is 1.12 bits per heavy atom. The number of carbonyl (C=O) groups excluding carboxylic acids is 2. The maximum Gasteiger partial charge on any atom is 0.261 e. The molecule has 3 rings (SSSR count). The fourth-order valence-electron chi connectivity index (χ4n) is 2.62. The van der Waals surface area contributed by atoms with Crippen molar-refractivity contribution in [1.82, 2.24) is 5.32 Å². The third kappa shape index (κ3) is 4.05. The van der Waals surface area contributed by atoms with Crippen LogP contribution < -0.4 is 11.1 Å². The molecule has 0 aliphatic rings. The number of primary amides is 1. The van der Waals surface area contributed by atoms with E-state index < -0.39 is 17.7 Å². The Balaban J connectivity index is 1.67. The quantitative estimate of drug-likeness (QED) is 0.695. The van der Waals surface area contributed by atoms with Gasteiger partial charge in [0.25, 0.3) is 5.91 Å². The summed E-state index contributed by atoms with van der Waals surface area (Å²) >= 11 is 1.18. The van der Waals surface area contributed by atoms with Crippen molar-refractivity contribution in [3.63, 3.8) is 0 Å². The average Bonchev–Trinajstić information content (AvgIpc) is 3.05. The first-order valence-corrected chi connectivity index (χ1v) is 8.75. The number of fused-ring (bicyclic) bond motifs is 1. The first-order valence-electron chi connectivity index (χ1n) is 7.94. The van der Waals surface area contributed by atoms with E-state index in [-0.39, 0.29) is 24.6 Å². The Morgan fingerprint density at radius 2 is 1.85 bits per heavy atom. The zero-order chi connectivity index (χ0) is 18.7. The zero-order valence-electron chi connectivity index (χ0n) is 13.7. The molecule has 1 atom stereocenters. The predicted octanol–water partition coefficient (Wildman–Crippen LogP) is 3.25. The molecule has 7 heteroatoms. The van der Waals surface area contributed by atoms with Gasteiger partial charge in [0.05, 0.1) is 10.8 Å². The lowest BCUT2D eigenvalue weighted by Crippen LogP contribution is -2.37. The zero-order valence-corrected chi connectivity index (χ0v) is 14.5. The van der Waals surface area contributed by atoms with Gasteiger partial charge in [-0.2, -0.15) is 0 Å². The summed E-state index contributed by atoms with van der Waals surface area (Å²) in [5.74, 6) is -2.33. The highest BCUT2D eigenvalue weighted by Gasteiger charge is 2.19. The number of benzene rings is 2. The summed E-state index contributed by atoms with van der Waals surface area (Å²) in [7, 11) is 0. The second kappa shape index (κ2) is 7.61. The molecule has 0 radical (unpaired) electrons. The molecule has 0 aliphatic heterocycles. The molecule has 4 nitrogen and oxygen atoms in total. The second-order valence-corrected chi connectivity index (χ2v) is 6.99. The van der Waals surface area contributed by atoms with E-state index in [2.05, 4.69) is 5.32 Å². The van der Waals surface area contributed by atoms with Crippen LogP contribution in [0, 0.1) is 17.6 Å². The van der Waals surface area contributed by atoms with Crippen molar-refractivity contribution < 1.29 is 18.4 Å². The lowest BCUT2D eigenvalue weighted by Gasteiger charge is -2.14. The molecule has 1 aromatic heterocycles. The molecule has 3 aromatic rings. The van der Waals surface area contributed by atoms with Crippen LogP contribution in [0.2, 0.25) is 0 Å². The lowest BCUT2D eigenvalue weighted by atomic mass is 9.98. The Kier molecular flexibility index (Phi) is 5.27. The minimum Gasteiger partial charge on any atom is -0.369 e. The summed E-state index contributed by atoms with van der Waals surface area (Å²) in [6.07, 6.45) is 0.289. The van der Waals surface area contributed by atoms with Crippen LogP contribution in [0.15, 0.2) is 48.5 Å². The SMILES string of the molecule is NC(=O)C(CNC(=O)c1cc2c(F)cccc2s1)Cc1ccc(F)cc1. The van der Waals surface area contributed by atoms with Crippen LogP contribution in [0.25, 0.3) is 10.1 Å². The molecule has 134 valence electrons. The van der Waals surface area contributed by atoms with Gasteiger partial charge < -0.3 is 11.1 Å². The summed E-state index contributed by atoms with van der Waals surface area (Å²) in [4.78, 5) is 24.3. The molecule has 0 fully saturated rings. The molecule has 0 aliphatic carbocycles. The van der Waals surface area contributed by atoms with E-state index in [1.807, 2.05) is 0 Å². The van der Waals surface area contributed by atoms with E-state index in [4.69, 9.17) is 5.73 Å². The molecule has 0 spiro atoms. The molecule has 0 saturated heterocycles. The highest BCUT2D eigenvalue weighted by atomic mass is 32.1. The first kappa shape index (κ1) is 18.0. The monoisotopic (exact) mass is 374 g/mol. The predicted molar refractivity (Wildman–Crippen MR) is 96.9 cm³/mol. The van der Waals surface area contributed by atoms with Gasteiger partial charge in [-0.3, -0.25) is 9.59 Å². The highest BCUT2D eigenvalue weighted by molar-refractivity contribution is 7.20. The number of hydrogen-bond donors (Lipinski definition) is 2. The van der Waals surface area contributed by atoms with Gasteiger partial charge in [0, 0.05) is 16.6 Å². The van der Waals surface area contributed by atoms with Crippen LogP contribution in [0.1, 0.15) is 15.2 Å². The number of nitrogens with two attached hydrogens (primary N) is 1. The topological polar surface area (TPSA) is 72.2 Å². The van der Waals surface area contributed by atoms with Crippen molar-refractivity contribution in [2.75, 3.05) is 6.54 Å². The van der Waals surface area contributed by atoms with E-state index in [9.17, 15) is 18.4 Å². The van der Waals surface area contributed by atoms with E-state index in [0.29, 0.717) is 15.0 Å². The molecule has 1 unspecified atom stereocenters. The summed E-state index contributed by atoms with van der Waals surface area (Å²) in [6, 6.07) is 11.9. The maximum absolute atomic E-state index is 13.7. The molecule has 2 aromatic carbocycles. The molecule has 2 amide bonds. The third-order valence-corrected chi connectivity index (χ3v) is 5.14. The number of hydrogen-bond acceptors (Lipinski definition) is 3. The second-order valence-electron chi connectivity index (χ2n) is 5.90. The molecular formula is C19H16F2N2O2S. The van der Waals surface area contributed by atoms with Gasteiger partial charge in [0.1, 0.15) is 11.6 Å². The summed E-state index contributed by atoms with van der Waals surface area (Å²) in [6.45, 7) is 0.0439. The fraction of sp³-hybridized carbons (Fsp3) is 0.158. The van der Waals surface area contributed by atoms with Crippen molar-refractivity contribution in [2.24, 2.45) is 11.7 Å². The van der Waals surface area contributed by atoms with Gasteiger partial charge in [-0.15, -0.1) is 11.3 Å². The van der Waals surface area contributed by atoms with Crippen molar-refractivity contribution >= 4 is 33.2 Å². The summed E-state index contributed by atoms with van der Waals surface area (Å²) in [5, 5.41) is 3.06. The van der Waals surface area contributed by atoms with Crippen LogP contribution in [0.5, 0.6) is 0 Å². The Bertz CT molecular complexity index is 954. The van der Waals surface area contributed by atoms with Gasteiger partial charge in [-0.05, 0) is 42.3 Å². The van der Waals surface area contributed by atoms with E-state index >= 15 is 0 Å². The Morgan fingerprint density at radius 3 is 2.50 bits per heavy atom. The van der Waals surface area contributed by atoms with Crippen LogP contribution in [0.3, 0.4) is 0 Å². The molecular weight excluding hydrogens is 358 g/mol. The number of amides is 2. The van der Waals surface area contributed by atoms with Gasteiger partial charge >= 0.3 is 0 Å². The minimum absolute atomic E-state index is 0.0439. The number of thiophene rings is 1. The van der Waals surface area contributed by atoms with Crippen LogP contribution in [-0.2, 0) is 11.2 Å². The summed E-state index contributed by atoms with van der Waals surface area (Å²) < 4.78 is 27.4. The lowest BCUT2D eigenvalue weighted by molar-refractivity contribution is -0.121. The van der Waals surface area contributed by atoms with Gasteiger partial charge in [0.15, 0.2) is 0 Å². The van der Waals surface area contributed by atoms with E-state index in [1.165, 1.54) is 35.6 Å². The van der Waals surface area contributed by atoms with Crippen LogP contribution in [0.4, 0.5) is 8.78 Å². The summed E-state index contributed by atoms with van der Waals surface area (Å²) in [5.41, 5.74) is 6.15. The van der Waals surface area contributed by atoms with Crippen molar-refractivity contribution in [1.29, 1.82) is 0 Å². The van der Waals surface area contributed by atoms with E-state index in [1.54, 1.807) is 24.3 Å². The van der Waals surface area contributed by atoms with Crippen molar-refractivity contribution in [2.45, 2.75) is 6.42 Å². The molecule has 1 heterocycles. The molecule has 26 heavy (non-hydrogen) atoms.